The molecule has 4 amide bonds. The SMILES string of the molecule is CCN(CC)S(=O)(=O)c1ccc(NC(=O)CN2C(=O)NC3(CCCCCCC3)C2=O)cc1. The molecule has 1 aromatic rings. The maximum atomic E-state index is 13.0. The van der Waals surface area contributed by atoms with Crippen LogP contribution < -0.4 is 10.6 Å². The third-order valence-corrected chi connectivity index (χ3v) is 8.30. The number of amides is 4. The normalized spacial score (nSPS) is 19.0. The van der Waals surface area contributed by atoms with E-state index in [2.05, 4.69) is 10.6 Å². The summed E-state index contributed by atoms with van der Waals surface area (Å²) in [4.78, 5) is 39.1. The molecule has 0 radical (unpaired) electrons. The highest BCUT2D eigenvalue weighted by Crippen LogP contribution is 2.32. The molecule has 32 heavy (non-hydrogen) atoms. The predicted octanol–water partition coefficient (Wildman–Crippen LogP) is 2.69. The quantitative estimate of drug-likeness (QED) is 0.602. The summed E-state index contributed by atoms with van der Waals surface area (Å²) in [5.41, 5.74) is -0.501. The summed E-state index contributed by atoms with van der Waals surface area (Å²) in [7, 11) is -3.59. The lowest BCUT2D eigenvalue weighted by atomic mass is 9.84. The topological polar surface area (TPSA) is 116 Å². The maximum absolute atomic E-state index is 13.0. The van der Waals surface area contributed by atoms with Crippen LogP contribution in [0.2, 0.25) is 0 Å². The van der Waals surface area contributed by atoms with Crippen molar-refractivity contribution in [2.45, 2.75) is 69.2 Å². The van der Waals surface area contributed by atoms with Crippen molar-refractivity contribution in [3.05, 3.63) is 24.3 Å². The van der Waals surface area contributed by atoms with Gasteiger partial charge in [-0.05, 0) is 37.1 Å². The highest BCUT2D eigenvalue weighted by atomic mass is 32.2. The smallest absolute Gasteiger partial charge is 0.325 e. The zero-order valence-corrected chi connectivity index (χ0v) is 19.5. The number of carbonyl (C=O) groups is 3. The fourth-order valence-corrected chi connectivity index (χ4v) is 5.89. The van der Waals surface area contributed by atoms with Crippen LogP contribution in [-0.4, -0.2) is 60.6 Å². The highest BCUT2D eigenvalue weighted by molar-refractivity contribution is 7.89. The number of imide groups is 1. The van der Waals surface area contributed by atoms with Gasteiger partial charge in [-0.15, -0.1) is 0 Å². The van der Waals surface area contributed by atoms with Crippen molar-refractivity contribution in [2.75, 3.05) is 25.0 Å². The molecule has 10 heteroatoms. The first-order valence-electron chi connectivity index (χ1n) is 11.3. The molecule has 0 aromatic heterocycles. The van der Waals surface area contributed by atoms with Crippen LogP contribution in [0.4, 0.5) is 10.5 Å². The van der Waals surface area contributed by atoms with Crippen molar-refractivity contribution in [1.82, 2.24) is 14.5 Å². The van der Waals surface area contributed by atoms with Crippen molar-refractivity contribution < 1.29 is 22.8 Å². The van der Waals surface area contributed by atoms with Crippen LogP contribution in [0, 0.1) is 0 Å². The lowest BCUT2D eigenvalue weighted by molar-refractivity contribution is -0.134. The van der Waals surface area contributed by atoms with Crippen LogP contribution >= 0.6 is 0 Å². The summed E-state index contributed by atoms with van der Waals surface area (Å²) in [6, 6.07) is 5.32. The Hall–Kier alpha value is -2.46. The molecular formula is C22H32N4O5S. The van der Waals surface area contributed by atoms with E-state index >= 15 is 0 Å². The van der Waals surface area contributed by atoms with Crippen LogP contribution in [0.15, 0.2) is 29.2 Å². The second-order valence-corrected chi connectivity index (χ2v) is 10.3. The van der Waals surface area contributed by atoms with Crippen LogP contribution in [0.25, 0.3) is 0 Å². The van der Waals surface area contributed by atoms with E-state index in [1.54, 1.807) is 13.8 Å². The van der Waals surface area contributed by atoms with Crippen LogP contribution in [0.5, 0.6) is 0 Å². The van der Waals surface area contributed by atoms with Gasteiger partial charge in [0.1, 0.15) is 12.1 Å². The average Bonchev–Trinajstić information content (AvgIpc) is 2.97. The van der Waals surface area contributed by atoms with Gasteiger partial charge in [-0.25, -0.2) is 13.2 Å². The summed E-state index contributed by atoms with van der Waals surface area (Å²) >= 11 is 0. The molecule has 0 bridgehead atoms. The van der Waals surface area contributed by atoms with Gasteiger partial charge in [0.05, 0.1) is 4.90 Å². The van der Waals surface area contributed by atoms with Crippen molar-refractivity contribution in [1.29, 1.82) is 0 Å². The molecule has 176 valence electrons. The van der Waals surface area contributed by atoms with Crippen molar-refractivity contribution in [2.24, 2.45) is 0 Å². The van der Waals surface area contributed by atoms with E-state index in [1.165, 1.54) is 28.6 Å². The fourth-order valence-electron chi connectivity index (χ4n) is 4.43. The number of nitrogens with zero attached hydrogens (tertiary/aromatic N) is 2. The first-order valence-corrected chi connectivity index (χ1v) is 12.7. The average molecular weight is 465 g/mol. The largest absolute Gasteiger partial charge is 0.325 e. The molecule has 0 atom stereocenters. The number of sulfonamides is 1. The minimum atomic E-state index is -3.59. The van der Waals surface area contributed by atoms with Gasteiger partial charge in [-0.3, -0.25) is 14.5 Å². The molecule has 1 saturated carbocycles. The summed E-state index contributed by atoms with van der Waals surface area (Å²) in [6.07, 6.45) is 6.13. The molecule has 1 aliphatic carbocycles. The van der Waals surface area contributed by atoms with Gasteiger partial charge in [0.25, 0.3) is 5.91 Å². The highest BCUT2D eigenvalue weighted by Gasteiger charge is 2.50. The lowest BCUT2D eigenvalue weighted by Crippen LogP contribution is -2.47. The number of carbonyl (C=O) groups excluding carboxylic acids is 3. The molecule has 1 spiro atoms. The number of urea groups is 1. The molecule has 2 fully saturated rings. The van der Waals surface area contributed by atoms with Crippen molar-refractivity contribution >= 4 is 33.6 Å². The Balaban J connectivity index is 1.64. The Bertz CT molecular complexity index is 949. The van der Waals surface area contributed by atoms with Gasteiger partial charge in [-0.2, -0.15) is 4.31 Å². The number of rotatable bonds is 7. The lowest BCUT2D eigenvalue weighted by Gasteiger charge is -2.28. The van der Waals surface area contributed by atoms with E-state index in [4.69, 9.17) is 0 Å². The van der Waals surface area contributed by atoms with Gasteiger partial charge in [0.2, 0.25) is 15.9 Å². The summed E-state index contributed by atoms with van der Waals surface area (Å²) in [6.45, 7) is 3.89. The Morgan fingerprint density at radius 2 is 1.59 bits per heavy atom. The molecule has 1 heterocycles. The Morgan fingerprint density at radius 3 is 2.16 bits per heavy atom. The van der Waals surface area contributed by atoms with Crippen LogP contribution in [0.3, 0.4) is 0 Å². The molecule has 2 N–H and O–H groups in total. The van der Waals surface area contributed by atoms with Gasteiger partial charge in [0.15, 0.2) is 0 Å². The van der Waals surface area contributed by atoms with Gasteiger partial charge < -0.3 is 10.6 Å². The van der Waals surface area contributed by atoms with E-state index in [-0.39, 0.29) is 17.3 Å². The molecular weight excluding hydrogens is 432 g/mol. The minimum Gasteiger partial charge on any atom is -0.325 e. The van der Waals surface area contributed by atoms with E-state index in [0.717, 1.165) is 37.0 Å². The Labute approximate surface area is 189 Å². The molecule has 1 aromatic carbocycles. The zero-order valence-electron chi connectivity index (χ0n) is 18.7. The Kier molecular flexibility index (Phi) is 7.55. The molecule has 3 rings (SSSR count). The summed E-state index contributed by atoms with van der Waals surface area (Å²) < 4.78 is 26.5. The van der Waals surface area contributed by atoms with E-state index in [0.29, 0.717) is 31.6 Å². The van der Waals surface area contributed by atoms with E-state index in [1.807, 2.05) is 0 Å². The van der Waals surface area contributed by atoms with Crippen LogP contribution in [0.1, 0.15) is 58.8 Å². The van der Waals surface area contributed by atoms with Gasteiger partial charge in [-0.1, -0.05) is 46.0 Å². The standard InChI is InChI=1S/C22H32N4O5S/c1-3-25(4-2)32(30,31)18-12-10-17(11-13-18)23-19(27)16-26-20(28)22(24-21(26)29)14-8-6-5-7-9-15-22/h10-13H,3-9,14-16H2,1-2H3,(H,23,27)(H,24,29). The second-order valence-electron chi connectivity index (χ2n) is 8.33. The number of hydrogen-bond acceptors (Lipinski definition) is 5. The van der Waals surface area contributed by atoms with Gasteiger partial charge >= 0.3 is 6.03 Å². The molecule has 1 saturated heterocycles. The Morgan fingerprint density at radius 1 is 1.03 bits per heavy atom. The van der Waals surface area contributed by atoms with Crippen molar-refractivity contribution in [3.63, 3.8) is 0 Å². The molecule has 2 aliphatic rings. The first-order chi connectivity index (χ1) is 15.2. The second kappa shape index (κ2) is 9.99. The molecule has 0 unspecified atom stereocenters. The van der Waals surface area contributed by atoms with Crippen molar-refractivity contribution in [3.8, 4) is 0 Å². The summed E-state index contributed by atoms with van der Waals surface area (Å²) in [5.74, 6) is -0.851. The minimum absolute atomic E-state index is 0.138. The van der Waals surface area contributed by atoms with Gasteiger partial charge in [0, 0.05) is 18.8 Å². The van der Waals surface area contributed by atoms with E-state index in [9.17, 15) is 22.8 Å². The first kappa shape index (κ1) is 24.2. The maximum Gasteiger partial charge on any atom is 0.325 e. The number of nitrogens with one attached hydrogen (secondary N) is 2. The predicted molar refractivity (Wildman–Crippen MR) is 120 cm³/mol. The fraction of sp³-hybridized carbons (Fsp3) is 0.591. The third-order valence-electron chi connectivity index (χ3n) is 6.24. The molecule has 9 nitrogen and oxygen atoms in total. The van der Waals surface area contributed by atoms with E-state index < -0.39 is 27.5 Å². The van der Waals surface area contributed by atoms with Crippen LogP contribution in [-0.2, 0) is 19.6 Å². The molecule has 1 aliphatic heterocycles. The third kappa shape index (κ3) is 4.96. The number of hydrogen-bond donors (Lipinski definition) is 2. The number of benzene rings is 1. The summed E-state index contributed by atoms with van der Waals surface area (Å²) in [5, 5.41) is 5.48. The monoisotopic (exact) mass is 464 g/mol. The zero-order chi connectivity index (χ0) is 23.4. The number of anilines is 1.